The number of rotatable bonds is 13. The molecule has 11 nitrogen and oxygen atoms in total. The van der Waals surface area contributed by atoms with Gasteiger partial charge in [0.2, 0.25) is 0 Å². The summed E-state index contributed by atoms with van der Waals surface area (Å²) in [5.74, 6) is -0.560. The normalized spacial score (nSPS) is 29.3. The van der Waals surface area contributed by atoms with Gasteiger partial charge in [-0.3, -0.25) is 9.69 Å². The van der Waals surface area contributed by atoms with E-state index in [0.29, 0.717) is 32.0 Å². The molecule has 0 bridgehead atoms. The zero-order valence-electron chi connectivity index (χ0n) is 37.5. The second-order valence-corrected chi connectivity index (χ2v) is 23.9. The van der Waals surface area contributed by atoms with E-state index in [1.807, 2.05) is 50.8 Å². The van der Waals surface area contributed by atoms with Crippen molar-refractivity contribution >= 4 is 20.4 Å². The van der Waals surface area contributed by atoms with Crippen molar-refractivity contribution in [3.63, 3.8) is 0 Å². The maximum Gasteiger partial charge on any atom is 0.410 e. The highest BCUT2D eigenvalue weighted by atomic mass is 28.4. The van der Waals surface area contributed by atoms with E-state index in [1.54, 1.807) is 19.1 Å². The highest BCUT2D eigenvalue weighted by molar-refractivity contribution is 6.74. The van der Waals surface area contributed by atoms with Crippen molar-refractivity contribution in [1.82, 2.24) is 9.80 Å². The van der Waals surface area contributed by atoms with Crippen molar-refractivity contribution in [3.05, 3.63) is 36.0 Å². The monoisotopic (exact) mass is 820 g/mol. The Morgan fingerprint density at radius 1 is 1.04 bits per heavy atom. The second-order valence-electron chi connectivity index (χ2n) is 19.1. The molecular weight excluding hydrogens is 739 g/mol. The average Bonchev–Trinajstić information content (AvgIpc) is 3.42. The van der Waals surface area contributed by atoms with Crippen LogP contribution in [-0.2, 0) is 23.4 Å². The van der Waals surface area contributed by atoms with Crippen LogP contribution in [0.3, 0.4) is 0 Å². The van der Waals surface area contributed by atoms with Gasteiger partial charge in [0.1, 0.15) is 18.4 Å². The molecule has 3 rings (SSSR count). The van der Waals surface area contributed by atoms with Crippen LogP contribution < -0.4 is 5.73 Å². The topological polar surface area (TPSA) is 144 Å². The molecular formula is C45H81N3O8Si. The SMILES string of the molecule is CC[C@H](O)C(N)OC(C)C[C@@](C)(O)/C=C/C=C(\C)[C@H]1OC(=O)CC(O[Si](C)(C)C(C)(C)C)CCC(C)[C@@H](OC(=O)N2CCN(C3CCCCCC3)CC2)/C=C/C1C. The summed E-state index contributed by atoms with van der Waals surface area (Å²) in [6, 6.07) is 0.625. The number of aliphatic hydroxyl groups excluding tert-OH is 1. The molecule has 5 unspecified atom stereocenters. The van der Waals surface area contributed by atoms with Gasteiger partial charge in [0.05, 0.1) is 30.3 Å². The van der Waals surface area contributed by atoms with Crippen molar-refractivity contribution < 1.29 is 38.4 Å². The van der Waals surface area contributed by atoms with Gasteiger partial charge >= 0.3 is 12.1 Å². The number of carbonyl (C=O) groups excluding carboxylic acids is 2. The Bertz CT molecular complexity index is 1330. The van der Waals surface area contributed by atoms with Gasteiger partial charge in [0.15, 0.2) is 8.32 Å². The van der Waals surface area contributed by atoms with Gasteiger partial charge in [-0.05, 0) is 88.6 Å². The summed E-state index contributed by atoms with van der Waals surface area (Å²) in [5.41, 5.74) is 5.54. The van der Waals surface area contributed by atoms with Gasteiger partial charge in [-0.25, -0.2) is 4.79 Å². The van der Waals surface area contributed by atoms with E-state index in [0.717, 1.165) is 25.1 Å². The summed E-state index contributed by atoms with van der Waals surface area (Å²) in [4.78, 5) is 31.9. The molecule has 1 saturated carbocycles. The van der Waals surface area contributed by atoms with E-state index in [2.05, 4.69) is 45.7 Å². The van der Waals surface area contributed by atoms with Gasteiger partial charge in [0, 0.05) is 44.6 Å². The first kappa shape index (κ1) is 49.3. The number of piperazine rings is 1. The molecule has 12 heteroatoms. The number of allylic oxidation sites excluding steroid dienone is 2. The number of nitrogens with zero attached hydrogens (tertiary/aromatic N) is 2. The molecule has 4 N–H and O–H groups in total. The summed E-state index contributed by atoms with van der Waals surface area (Å²) >= 11 is 0. The number of esters is 1. The number of ether oxygens (including phenoxy) is 3. The van der Waals surface area contributed by atoms with Crippen LogP contribution in [0.1, 0.15) is 133 Å². The van der Waals surface area contributed by atoms with Gasteiger partial charge in [-0.15, -0.1) is 0 Å². The molecule has 0 aromatic heterocycles. The van der Waals surface area contributed by atoms with Crippen LogP contribution in [0.5, 0.6) is 0 Å². The standard InChI is InChI=1S/C45H81N3O8Si/c1-12-38(49)42(46)53-35(5)31-45(9,52)25-17-18-33(3)41-34(4)22-24-39(32(2)21-23-37(30-40(50)55-41)56-57(10,11)44(6,7)8)54-43(51)48-28-26-47(27-29-48)36-19-15-13-14-16-20-36/h17-18,22,24-25,32,34-39,41-42,49,52H,12-16,19-21,23,26-31,46H2,1-11H3/b24-22+,25-17+,33-18+/t32?,34?,35?,37?,38-,39-,41+,42?,45-/m0/s1. The van der Waals surface area contributed by atoms with Crippen LogP contribution in [0.4, 0.5) is 4.79 Å². The Morgan fingerprint density at radius 2 is 1.67 bits per heavy atom. The molecule has 1 aliphatic carbocycles. The van der Waals surface area contributed by atoms with Gasteiger partial charge < -0.3 is 39.5 Å². The Hall–Kier alpha value is -2.06. The van der Waals surface area contributed by atoms with Gasteiger partial charge in [-0.1, -0.05) is 91.5 Å². The zero-order valence-corrected chi connectivity index (χ0v) is 38.5. The number of amides is 1. The third kappa shape index (κ3) is 16.1. The van der Waals surface area contributed by atoms with E-state index in [4.69, 9.17) is 24.4 Å². The Morgan fingerprint density at radius 3 is 2.26 bits per heavy atom. The Kier molecular flexibility index (Phi) is 19.5. The summed E-state index contributed by atoms with van der Waals surface area (Å²) in [5, 5.41) is 21.1. The molecule has 1 amide bonds. The minimum absolute atomic E-state index is 0.00273. The number of cyclic esters (lactones) is 1. The van der Waals surface area contributed by atoms with Crippen LogP contribution in [-0.4, -0.2) is 115 Å². The van der Waals surface area contributed by atoms with Crippen molar-refractivity contribution in [2.75, 3.05) is 26.2 Å². The van der Waals surface area contributed by atoms with Crippen LogP contribution >= 0.6 is 0 Å². The first-order valence-corrected chi connectivity index (χ1v) is 25.0. The van der Waals surface area contributed by atoms with Crippen molar-refractivity contribution in [1.29, 1.82) is 0 Å². The molecule has 2 aliphatic heterocycles. The molecule has 2 fully saturated rings. The lowest BCUT2D eigenvalue weighted by Crippen LogP contribution is -2.52. The summed E-state index contributed by atoms with van der Waals surface area (Å²) in [6.45, 7) is 25.5. The minimum atomic E-state index is -2.23. The predicted molar refractivity (Wildman–Crippen MR) is 231 cm³/mol. The number of hydrogen-bond donors (Lipinski definition) is 3. The van der Waals surface area contributed by atoms with Crippen molar-refractivity contribution in [2.45, 2.75) is 199 Å². The second kappa shape index (κ2) is 22.5. The lowest BCUT2D eigenvalue weighted by molar-refractivity contribution is -0.151. The smallest absolute Gasteiger partial charge is 0.410 e. The number of hydrogen-bond acceptors (Lipinski definition) is 10. The number of aliphatic hydroxyl groups is 2. The van der Waals surface area contributed by atoms with E-state index in [-0.39, 0.29) is 47.9 Å². The Labute approximate surface area is 346 Å². The fourth-order valence-corrected chi connectivity index (χ4v) is 9.39. The molecule has 57 heavy (non-hydrogen) atoms. The molecule has 0 spiro atoms. The van der Waals surface area contributed by atoms with E-state index in [9.17, 15) is 19.8 Å². The summed E-state index contributed by atoms with van der Waals surface area (Å²) in [6.07, 6.45) is 15.6. The third-order valence-electron chi connectivity index (χ3n) is 12.8. The van der Waals surface area contributed by atoms with Crippen molar-refractivity contribution in [3.8, 4) is 0 Å². The minimum Gasteiger partial charge on any atom is -0.457 e. The average molecular weight is 820 g/mol. The third-order valence-corrected chi connectivity index (χ3v) is 17.3. The Balaban J connectivity index is 1.82. The highest BCUT2D eigenvalue weighted by Gasteiger charge is 2.40. The quantitative estimate of drug-likeness (QED) is 0.0415. The predicted octanol–water partition coefficient (Wildman–Crippen LogP) is 8.25. The maximum absolute atomic E-state index is 13.7. The molecule has 0 aromatic carbocycles. The molecule has 2 heterocycles. The molecule has 3 aliphatic rings. The zero-order chi connectivity index (χ0) is 42.6. The van der Waals surface area contributed by atoms with Crippen LogP contribution in [0.25, 0.3) is 0 Å². The molecule has 0 aromatic rings. The highest BCUT2D eigenvalue weighted by Crippen LogP contribution is 2.39. The van der Waals surface area contributed by atoms with E-state index >= 15 is 0 Å². The maximum atomic E-state index is 13.7. The summed E-state index contributed by atoms with van der Waals surface area (Å²) < 4.78 is 25.2. The lowest BCUT2D eigenvalue weighted by Gasteiger charge is -2.40. The lowest BCUT2D eigenvalue weighted by atomic mass is 9.92. The van der Waals surface area contributed by atoms with Gasteiger partial charge in [0.25, 0.3) is 0 Å². The van der Waals surface area contributed by atoms with Crippen LogP contribution in [0.15, 0.2) is 36.0 Å². The first-order chi connectivity index (χ1) is 26.6. The van der Waals surface area contributed by atoms with Crippen LogP contribution in [0, 0.1) is 11.8 Å². The molecule has 9 atom stereocenters. The van der Waals surface area contributed by atoms with Crippen LogP contribution in [0.2, 0.25) is 18.1 Å². The number of carbonyl (C=O) groups is 2. The molecule has 0 radical (unpaired) electrons. The van der Waals surface area contributed by atoms with Crippen molar-refractivity contribution in [2.24, 2.45) is 17.6 Å². The fourth-order valence-electron chi connectivity index (χ4n) is 8.01. The van der Waals surface area contributed by atoms with E-state index < -0.39 is 44.6 Å². The largest absolute Gasteiger partial charge is 0.457 e. The fraction of sp³-hybridized carbons (Fsp3) is 0.822. The molecule has 328 valence electrons. The van der Waals surface area contributed by atoms with E-state index in [1.165, 1.54) is 38.5 Å². The summed E-state index contributed by atoms with van der Waals surface area (Å²) in [7, 11) is -2.23. The first-order valence-electron chi connectivity index (χ1n) is 22.0. The number of nitrogens with two attached hydrogens (primary N) is 1. The van der Waals surface area contributed by atoms with Gasteiger partial charge in [-0.2, -0.15) is 0 Å². The molecule has 1 saturated heterocycles.